The number of piperidine rings is 1. The second-order valence-corrected chi connectivity index (χ2v) is 13.2. The van der Waals surface area contributed by atoms with E-state index in [-0.39, 0.29) is 41.4 Å². The Labute approximate surface area is 244 Å². The second kappa shape index (κ2) is 14.3. The van der Waals surface area contributed by atoms with Gasteiger partial charge >= 0.3 is 6.03 Å². The molecule has 41 heavy (non-hydrogen) atoms. The first-order valence-corrected chi connectivity index (χ1v) is 16.6. The predicted octanol–water partition coefficient (Wildman–Crippen LogP) is 3.51. The van der Waals surface area contributed by atoms with Gasteiger partial charge in [-0.15, -0.1) is 0 Å². The van der Waals surface area contributed by atoms with Crippen LogP contribution in [0.4, 0.5) is 4.79 Å². The highest BCUT2D eigenvalue weighted by Gasteiger charge is 2.30. The van der Waals surface area contributed by atoms with Gasteiger partial charge in [-0.25, -0.2) is 13.2 Å². The highest BCUT2D eigenvalue weighted by molar-refractivity contribution is 7.90. The number of likely N-dealkylation sites (N-methyl/N-ethyl adjacent to an activating group) is 1. The van der Waals surface area contributed by atoms with Gasteiger partial charge in [-0.1, -0.05) is 42.5 Å². The molecule has 2 atom stereocenters. The summed E-state index contributed by atoms with van der Waals surface area (Å²) < 4.78 is 28.9. The quantitative estimate of drug-likeness (QED) is 0.459. The van der Waals surface area contributed by atoms with E-state index in [1.165, 1.54) is 6.26 Å². The molecule has 1 N–H and O–H groups in total. The fourth-order valence-electron chi connectivity index (χ4n) is 5.87. The molecule has 10 heteroatoms. The van der Waals surface area contributed by atoms with Gasteiger partial charge in [-0.2, -0.15) is 0 Å². The summed E-state index contributed by atoms with van der Waals surface area (Å²) in [6.45, 7) is 9.01. The van der Waals surface area contributed by atoms with Crippen LogP contribution in [0.15, 0.2) is 59.5 Å². The molecule has 4 rings (SSSR count). The molecule has 0 saturated carbocycles. The van der Waals surface area contributed by atoms with Gasteiger partial charge in [0.15, 0.2) is 9.84 Å². The molecule has 2 aliphatic heterocycles. The number of ether oxygens (including phenoxy) is 1. The number of benzene rings is 2. The van der Waals surface area contributed by atoms with Gasteiger partial charge in [0.2, 0.25) is 5.91 Å². The van der Waals surface area contributed by atoms with Crippen LogP contribution < -0.4 is 5.32 Å². The molecule has 0 aromatic heterocycles. The van der Waals surface area contributed by atoms with Crippen molar-refractivity contribution in [3.63, 3.8) is 0 Å². The van der Waals surface area contributed by atoms with Gasteiger partial charge in [0.05, 0.1) is 30.6 Å². The van der Waals surface area contributed by atoms with Crippen molar-refractivity contribution in [2.45, 2.75) is 62.6 Å². The molecule has 2 aromatic carbocycles. The SMILES string of the molecule is CCN(C(=O)Cc1ccc(S(C)(=O)=O)cc1)C1CCN(C(C)C[C@H](NC(=O)N2CCOCC2)c2ccccc2)CC1. The van der Waals surface area contributed by atoms with E-state index < -0.39 is 9.84 Å². The largest absolute Gasteiger partial charge is 0.378 e. The van der Waals surface area contributed by atoms with Crippen molar-refractivity contribution in [2.75, 3.05) is 52.2 Å². The number of nitrogens with zero attached hydrogens (tertiary/aromatic N) is 3. The molecular formula is C31H44N4O5S. The van der Waals surface area contributed by atoms with Crippen LogP contribution in [0.5, 0.6) is 0 Å². The number of hydrogen-bond acceptors (Lipinski definition) is 6. The van der Waals surface area contributed by atoms with Crippen molar-refractivity contribution in [2.24, 2.45) is 0 Å². The van der Waals surface area contributed by atoms with Crippen LogP contribution >= 0.6 is 0 Å². The van der Waals surface area contributed by atoms with Crippen LogP contribution in [0, 0.1) is 0 Å². The maximum atomic E-state index is 13.2. The Hall–Kier alpha value is -2.95. The lowest BCUT2D eigenvalue weighted by Gasteiger charge is -2.41. The summed E-state index contributed by atoms with van der Waals surface area (Å²) in [4.78, 5) is 32.8. The maximum absolute atomic E-state index is 13.2. The van der Waals surface area contributed by atoms with Gasteiger partial charge in [-0.05, 0) is 56.4 Å². The number of likely N-dealkylation sites (tertiary alicyclic amines) is 1. The number of nitrogens with one attached hydrogen (secondary N) is 1. The number of hydrogen-bond donors (Lipinski definition) is 1. The minimum atomic E-state index is -3.26. The zero-order valence-corrected chi connectivity index (χ0v) is 25.3. The predicted molar refractivity (Wildman–Crippen MR) is 159 cm³/mol. The Balaban J connectivity index is 1.32. The van der Waals surface area contributed by atoms with E-state index in [4.69, 9.17) is 4.74 Å². The number of morpholine rings is 1. The standard InChI is InChI=1S/C31H44N4O5S/c1-4-35(30(36)23-25-10-12-28(13-11-25)41(3,38)39)27-14-16-33(17-15-27)24(2)22-29(26-8-6-5-7-9-26)32-31(37)34-18-20-40-21-19-34/h5-13,24,27,29H,4,14-23H2,1-3H3,(H,32,37)/t24?,29-/m0/s1. The number of rotatable bonds is 10. The van der Waals surface area contributed by atoms with Crippen LogP contribution in [0.1, 0.15) is 50.3 Å². The molecule has 0 bridgehead atoms. The van der Waals surface area contributed by atoms with Gasteiger partial charge < -0.3 is 24.8 Å². The lowest BCUT2D eigenvalue weighted by Crippen LogP contribution is -2.51. The first-order chi connectivity index (χ1) is 19.7. The normalized spacial score (nSPS) is 18.5. The van der Waals surface area contributed by atoms with Crippen LogP contribution in [-0.2, 0) is 25.8 Å². The van der Waals surface area contributed by atoms with E-state index in [0.717, 1.165) is 43.5 Å². The Morgan fingerprint density at radius 3 is 2.22 bits per heavy atom. The maximum Gasteiger partial charge on any atom is 0.318 e. The minimum Gasteiger partial charge on any atom is -0.378 e. The van der Waals surface area contributed by atoms with Crippen LogP contribution in [0.2, 0.25) is 0 Å². The molecule has 2 fully saturated rings. The summed E-state index contributed by atoms with van der Waals surface area (Å²) in [5, 5.41) is 3.28. The summed E-state index contributed by atoms with van der Waals surface area (Å²) in [7, 11) is -3.26. The van der Waals surface area contributed by atoms with Gasteiger partial charge in [-0.3, -0.25) is 4.79 Å². The zero-order valence-electron chi connectivity index (χ0n) is 24.5. The van der Waals surface area contributed by atoms with E-state index in [0.29, 0.717) is 32.8 Å². The van der Waals surface area contributed by atoms with Crippen molar-refractivity contribution >= 4 is 21.8 Å². The molecule has 3 amide bonds. The molecule has 1 unspecified atom stereocenters. The first kappa shape index (κ1) is 31.0. The van der Waals surface area contributed by atoms with Crippen molar-refractivity contribution < 1.29 is 22.7 Å². The van der Waals surface area contributed by atoms with E-state index in [1.807, 2.05) is 34.9 Å². The smallest absolute Gasteiger partial charge is 0.318 e. The second-order valence-electron chi connectivity index (χ2n) is 11.1. The number of urea groups is 1. The monoisotopic (exact) mass is 584 g/mol. The van der Waals surface area contributed by atoms with Gasteiger partial charge in [0.1, 0.15) is 0 Å². The molecule has 9 nitrogen and oxygen atoms in total. The Kier molecular flexibility index (Phi) is 10.8. The number of sulfone groups is 1. The number of carbonyl (C=O) groups is 2. The van der Waals surface area contributed by atoms with E-state index in [2.05, 4.69) is 29.3 Å². The van der Waals surface area contributed by atoms with Gasteiger partial charge in [0.25, 0.3) is 0 Å². The molecule has 0 spiro atoms. The number of amides is 3. The van der Waals surface area contributed by atoms with Crippen molar-refractivity contribution in [1.82, 2.24) is 20.0 Å². The average Bonchev–Trinajstić information content (AvgIpc) is 2.98. The average molecular weight is 585 g/mol. The summed E-state index contributed by atoms with van der Waals surface area (Å²) >= 11 is 0. The number of carbonyl (C=O) groups excluding carboxylic acids is 2. The third-order valence-electron chi connectivity index (χ3n) is 8.31. The third-order valence-corrected chi connectivity index (χ3v) is 9.43. The molecule has 0 radical (unpaired) electrons. The Morgan fingerprint density at radius 2 is 1.63 bits per heavy atom. The first-order valence-electron chi connectivity index (χ1n) is 14.7. The van der Waals surface area contributed by atoms with Crippen molar-refractivity contribution in [3.8, 4) is 0 Å². The molecule has 224 valence electrons. The van der Waals surface area contributed by atoms with E-state index in [1.54, 1.807) is 24.3 Å². The van der Waals surface area contributed by atoms with E-state index >= 15 is 0 Å². The Bertz CT molecular complexity index is 1240. The van der Waals surface area contributed by atoms with Crippen LogP contribution in [0.25, 0.3) is 0 Å². The summed E-state index contributed by atoms with van der Waals surface area (Å²) in [6.07, 6.45) is 4.03. The summed E-state index contributed by atoms with van der Waals surface area (Å²) in [6, 6.07) is 17.0. The highest BCUT2D eigenvalue weighted by Crippen LogP contribution is 2.25. The summed E-state index contributed by atoms with van der Waals surface area (Å²) in [5.74, 6) is 0.0704. The van der Waals surface area contributed by atoms with Crippen molar-refractivity contribution in [1.29, 1.82) is 0 Å². The fraction of sp³-hybridized carbons (Fsp3) is 0.548. The minimum absolute atomic E-state index is 0.0453. The van der Waals surface area contributed by atoms with Crippen molar-refractivity contribution in [3.05, 3.63) is 65.7 Å². The van der Waals surface area contributed by atoms with Crippen LogP contribution in [0.3, 0.4) is 0 Å². The van der Waals surface area contributed by atoms with E-state index in [9.17, 15) is 18.0 Å². The lowest BCUT2D eigenvalue weighted by atomic mass is 9.96. The molecule has 2 aromatic rings. The zero-order chi connectivity index (χ0) is 29.4. The Morgan fingerprint density at radius 1 is 1.00 bits per heavy atom. The highest BCUT2D eigenvalue weighted by atomic mass is 32.2. The molecular weight excluding hydrogens is 540 g/mol. The summed E-state index contributed by atoms with van der Waals surface area (Å²) in [5.41, 5.74) is 1.92. The third kappa shape index (κ3) is 8.53. The molecule has 2 aliphatic rings. The lowest BCUT2D eigenvalue weighted by molar-refractivity contribution is -0.133. The molecule has 2 heterocycles. The topological polar surface area (TPSA) is 99.3 Å². The fourth-order valence-corrected chi connectivity index (χ4v) is 6.50. The van der Waals surface area contributed by atoms with Crippen LogP contribution in [-0.4, -0.2) is 99.3 Å². The van der Waals surface area contributed by atoms with Gasteiger partial charge in [0, 0.05) is 51.1 Å². The molecule has 0 aliphatic carbocycles. The molecule has 2 saturated heterocycles.